The van der Waals surface area contributed by atoms with Crippen LogP contribution in [0.25, 0.3) is 0 Å². The van der Waals surface area contributed by atoms with E-state index >= 15 is 0 Å². The number of rotatable bonds is 5. The lowest BCUT2D eigenvalue weighted by atomic mass is 9.98. The first-order valence-electron chi connectivity index (χ1n) is 9.62. The van der Waals surface area contributed by atoms with E-state index in [1.165, 1.54) is 0 Å². The predicted molar refractivity (Wildman–Crippen MR) is 113 cm³/mol. The van der Waals surface area contributed by atoms with Gasteiger partial charge in [-0.15, -0.1) is 0 Å². The van der Waals surface area contributed by atoms with E-state index in [4.69, 9.17) is 9.47 Å². The van der Waals surface area contributed by atoms with Crippen LogP contribution in [0, 0.1) is 13.8 Å². The molecule has 0 saturated heterocycles. The molecule has 0 saturated carbocycles. The summed E-state index contributed by atoms with van der Waals surface area (Å²) in [6, 6.07) is 15.2. The van der Waals surface area contributed by atoms with Crippen LogP contribution in [0.2, 0.25) is 0 Å². The Hall–Kier alpha value is -3.15. The van der Waals surface area contributed by atoms with Gasteiger partial charge in [0.2, 0.25) is 0 Å². The fourth-order valence-electron chi connectivity index (χ4n) is 2.53. The number of aryl methyl sites for hydroxylation is 2. The molecular weight excluding hydrogens is 368 g/mol. The van der Waals surface area contributed by atoms with Gasteiger partial charge in [-0.3, -0.25) is 0 Å². The van der Waals surface area contributed by atoms with Crippen molar-refractivity contribution in [3.8, 4) is 0 Å². The van der Waals surface area contributed by atoms with Crippen molar-refractivity contribution in [1.82, 2.24) is 5.01 Å². The maximum atomic E-state index is 12.6. The molecule has 0 radical (unpaired) electrons. The monoisotopic (exact) mass is 396 g/mol. The minimum Gasteiger partial charge on any atom is -0.445 e. The van der Waals surface area contributed by atoms with Crippen molar-refractivity contribution in [2.45, 2.75) is 53.8 Å². The number of carbonyl (C=O) groups excluding carboxylic acids is 2. The van der Waals surface area contributed by atoms with Crippen LogP contribution in [0.3, 0.4) is 0 Å². The van der Waals surface area contributed by atoms with E-state index in [0.29, 0.717) is 10.7 Å². The molecule has 2 aromatic carbocycles. The quantitative estimate of drug-likeness (QED) is 0.498. The van der Waals surface area contributed by atoms with Crippen molar-refractivity contribution in [3.05, 3.63) is 70.8 Å². The van der Waals surface area contributed by atoms with Gasteiger partial charge in [0.25, 0.3) is 0 Å². The van der Waals surface area contributed by atoms with Crippen LogP contribution in [0.1, 0.15) is 49.9 Å². The van der Waals surface area contributed by atoms with Gasteiger partial charge in [-0.05, 0) is 58.7 Å². The lowest BCUT2D eigenvalue weighted by Gasteiger charge is -2.20. The molecule has 0 heterocycles. The normalized spacial score (nSPS) is 11.5. The summed E-state index contributed by atoms with van der Waals surface area (Å²) in [6.45, 7) is 10.8. The summed E-state index contributed by atoms with van der Waals surface area (Å²) in [4.78, 5) is 25.2. The van der Waals surface area contributed by atoms with Crippen LogP contribution < -0.4 is 0 Å². The summed E-state index contributed by atoms with van der Waals surface area (Å²) in [7, 11) is 0. The number of nitrogens with zero attached hydrogens (tertiary/aromatic N) is 2. The summed E-state index contributed by atoms with van der Waals surface area (Å²) >= 11 is 0. The molecule has 154 valence electrons. The number of hydrogen-bond acceptors (Lipinski definition) is 5. The standard InChI is InChI=1S/C23H28N2O4/c1-15(2)28-22(26)25(23(27)29-16(3)4)24-21(19-10-8-7-9-11-19)20-13-12-17(5)18(6)14-20/h7-16H,1-6H3/b24-21+. The Kier molecular flexibility index (Phi) is 7.53. The van der Waals surface area contributed by atoms with Crippen molar-refractivity contribution in [1.29, 1.82) is 0 Å². The molecule has 2 aromatic rings. The molecule has 0 N–H and O–H groups in total. The third-order valence-corrected chi connectivity index (χ3v) is 4.05. The van der Waals surface area contributed by atoms with Gasteiger partial charge < -0.3 is 9.47 Å². The fraction of sp³-hybridized carbons (Fsp3) is 0.348. The van der Waals surface area contributed by atoms with Gasteiger partial charge in [-0.2, -0.15) is 5.10 Å². The first-order valence-corrected chi connectivity index (χ1v) is 9.62. The highest BCUT2D eigenvalue weighted by Gasteiger charge is 2.27. The maximum Gasteiger partial charge on any atom is 0.440 e. The molecule has 0 unspecified atom stereocenters. The number of hydrogen-bond donors (Lipinski definition) is 0. The van der Waals surface area contributed by atoms with Crippen molar-refractivity contribution >= 4 is 17.9 Å². The number of amides is 2. The van der Waals surface area contributed by atoms with E-state index in [1.54, 1.807) is 27.7 Å². The predicted octanol–water partition coefficient (Wildman–Crippen LogP) is 5.45. The highest BCUT2D eigenvalue weighted by atomic mass is 16.6. The van der Waals surface area contributed by atoms with E-state index in [1.807, 2.05) is 62.4 Å². The lowest BCUT2D eigenvalue weighted by Crippen LogP contribution is -2.37. The Labute approximate surface area is 172 Å². The van der Waals surface area contributed by atoms with Crippen molar-refractivity contribution in [3.63, 3.8) is 0 Å². The van der Waals surface area contributed by atoms with E-state index in [-0.39, 0.29) is 0 Å². The smallest absolute Gasteiger partial charge is 0.440 e. The molecule has 29 heavy (non-hydrogen) atoms. The topological polar surface area (TPSA) is 68.2 Å². The van der Waals surface area contributed by atoms with Crippen LogP contribution in [0.4, 0.5) is 9.59 Å². The number of carbonyl (C=O) groups is 2. The minimum absolute atomic E-state index is 0.408. The number of hydrazone groups is 1. The van der Waals surface area contributed by atoms with Gasteiger partial charge in [-0.25, -0.2) is 9.59 Å². The van der Waals surface area contributed by atoms with Crippen molar-refractivity contribution in [2.75, 3.05) is 0 Å². The SMILES string of the molecule is Cc1ccc(/C(=N/N(C(=O)OC(C)C)C(=O)OC(C)C)c2ccccc2)cc1C. The van der Waals surface area contributed by atoms with Gasteiger partial charge in [0.05, 0.1) is 17.9 Å². The number of ether oxygens (including phenoxy) is 2. The van der Waals surface area contributed by atoms with E-state index in [0.717, 1.165) is 22.3 Å². The second kappa shape index (κ2) is 9.87. The van der Waals surface area contributed by atoms with E-state index < -0.39 is 24.4 Å². The number of imide groups is 1. The van der Waals surface area contributed by atoms with Crippen LogP contribution in [0.15, 0.2) is 53.6 Å². The molecule has 0 aromatic heterocycles. The summed E-state index contributed by atoms with van der Waals surface area (Å²) in [6.07, 6.45) is -2.59. The van der Waals surface area contributed by atoms with Crippen LogP contribution in [-0.2, 0) is 9.47 Å². The van der Waals surface area contributed by atoms with Crippen molar-refractivity contribution in [2.24, 2.45) is 5.10 Å². The van der Waals surface area contributed by atoms with Gasteiger partial charge in [0, 0.05) is 11.1 Å². The molecule has 0 spiro atoms. The zero-order valence-corrected chi connectivity index (χ0v) is 17.8. The molecule has 0 bridgehead atoms. The fourth-order valence-corrected chi connectivity index (χ4v) is 2.53. The molecular formula is C23H28N2O4. The summed E-state index contributed by atoms with van der Waals surface area (Å²) < 4.78 is 10.4. The minimum atomic E-state index is -0.886. The molecule has 0 aliphatic rings. The highest BCUT2D eigenvalue weighted by Crippen LogP contribution is 2.17. The molecule has 0 atom stereocenters. The number of benzene rings is 2. The molecule has 0 fully saturated rings. The van der Waals surface area contributed by atoms with Gasteiger partial charge in [0.15, 0.2) is 0 Å². The molecule has 0 aliphatic carbocycles. The molecule has 2 rings (SSSR count). The lowest BCUT2D eigenvalue weighted by molar-refractivity contribution is 0.0518. The Morgan fingerprint density at radius 2 is 1.34 bits per heavy atom. The second-order valence-electron chi connectivity index (χ2n) is 7.29. The zero-order valence-electron chi connectivity index (χ0n) is 17.8. The largest absolute Gasteiger partial charge is 0.445 e. The molecule has 6 nitrogen and oxygen atoms in total. The Balaban J connectivity index is 2.60. The summed E-state index contributed by atoms with van der Waals surface area (Å²) in [5.41, 5.74) is 4.22. The highest BCUT2D eigenvalue weighted by molar-refractivity contribution is 6.13. The van der Waals surface area contributed by atoms with Crippen LogP contribution in [-0.4, -0.2) is 35.1 Å². The second-order valence-corrected chi connectivity index (χ2v) is 7.29. The van der Waals surface area contributed by atoms with Crippen LogP contribution >= 0.6 is 0 Å². The third-order valence-electron chi connectivity index (χ3n) is 4.05. The van der Waals surface area contributed by atoms with Crippen molar-refractivity contribution < 1.29 is 19.1 Å². The van der Waals surface area contributed by atoms with E-state index in [9.17, 15) is 9.59 Å². The van der Waals surface area contributed by atoms with Gasteiger partial charge in [-0.1, -0.05) is 47.5 Å². The molecule has 2 amide bonds. The average Bonchev–Trinajstić information content (AvgIpc) is 2.64. The first kappa shape index (κ1) is 22.1. The molecule has 6 heteroatoms. The third kappa shape index (κ3) is 6.17. The van der Waals surface area contributed by atoms with Gasteiger partial charge in [0.1, 0.15) is 0 Å². The molecule has 0 aliphatic heterocycles. The van der Waals surface area contributed by atoms with Gasteiger partial charge >= 0.3 is 12.2 Å². The average molecular weight is 396 g/mol. The first-order chi connectivity index (χ1) is 13.7. The Morgan fingerprint density at radius 1 is 0.793 bits per heavy atom. The summed E-state index contributed by atoms with van der Waals surface area (Å²) in [5, 5.41) is 5.04. The van der Waals surface area contributed by atoms with E-state index in [2.05, 4.69) is 5.10 Å². The Morgan fingerprint density at radius 3 is 1.83 bits per heavy atom. The van der Waals surface area contributed by atoms with Crippen LogP contribution in [0.5, 0.6) is 0 Å². The maximum absolute atomic E-state index is 12.6. The zero-order chi connectivity index (χ0) is 21.6. The summed E-state index contributed by atoms with van der Waals surface area (Å²) in [5.74, 6) is 0. The Bertz CT molecular complexity index is 867.